The van der Waals surface area contributed by atoms with Crippen molar-refractivity contribution >= 4 is 34.6 Å². The summed E-state index contributed by atoms with van der Waals surface area (Å²) in [7, 11) is 0. The maximum Gasteiger partial charge on any atom is 0.292 e. The van der Waals surface area contributed by atoms with Crippen molar-refractivity contribution in [3.63, 3.8) is 0 Å². The predicted molar refractivity (Wildman–Crippen MR) is 111 cm³/mol. The summed E-state index contributed by atoms with van der Waals surface area (Å²) in [5.41, 5.74) is 2.05. The number of para-hydroxylation sites is 1. The molecule has 2 heterocycles. The van der Waals surface area contributed by atoms with Crippen molar-refractivity contribution in [3.8, 4) is 5.69 Å². The first-order valence-corrected chi connectivity index (χ1v) is 9.48. The summed E-state index contributed by atoms with van der Waals surface area (Å²) in [5, 5.41) is 8.60. The van der Waals surface area contributed by atoms with Gasteiger partial charge in [0.25, 0.3) is 5.56 Å². The highest BCUT2D eigenvalue weighted by Crippen LogP contribution is 2.27. The molecule has 0 amide bonds. The summed E-state index contributed by atoms with van der Waals surface area (Å²) in [5.74, 6) is 0. The Balaban J connectivity index is 1.54. The average molecular weight is 401 g/mol. The highest BCUT2D eigenvalue weighted by Gasteiger charge is 2.25. The minimum Gasteiger partial charge on any atom is -0.380 e. The topological polar surface area (TPSA) is 50.2 Å². The molecule has 0 bridgehead atoms. The van der Waals surface area contributed by atoms with Gasteiger partial charge in [0.15, 0.2) is 0 Å². The van der Waals surface area contributed by atoms with Gasteiger partial charge in [0.2, 0.25) is 0 Å². The lowest BCUT2D eigenvalue weighted by molar-refractivity contribution is 0.792. The zero-order chi connectivity index (χ0) is 18.8. The molecule has 0 aliphatic carbocycles. The van der Waals surface area contributed by atoms with Crippen LogP contribution in [0.25, 0.3) is 5.69 Å². The van der Waals surface area contributed by atoms with Crippen LogP contribution in [0.15, 0.2) is 65.6 Å². The van der Waals surface area contributed by atoms with E-state index in [9.17, 15) is 4.79 Å². The van der Waals surface area contributed by atoms with Gasteiger partial charge < -0.3 is 10.2 Å². The lowest BCUT2D eigenvalue weighted by Gasteiger charge is -2.20. The minimum absolute atomic E-state index is 0.181. The Morgan fingerprint density at radius 1 is 1.04 bits per heavy atom. The lowest BCUT2D eigenvalue weighted by atomic mass is 10.2. The second-order valence-corrected chi connectivity index (χ2v) is 7.29. The van der Waals surface area contributed by atoms with Crippen LogP contribution in [-0.2, 0) is 0 Å². The predicted octanol–water partition coefficient (Wildman–Crippen LogP) is 4.23. The zero-order valence-electron chi connectivity index (χ0n) is 14.5. The number of halogens is 2. The molecule has 27 heavy (non-hydrogen) atoms. The van der Waals surface area contributed by atoms with Crippen molar-refractivity contribution in [3.05, 3.63) is 81.2 Å². The van der Waals surface area contributed by atoms with Crippen molar-refractivity contribution < 1.29 is 0 Å². The number of hydrogen-bond donors (Lipinski definition) is 1. The van der Waals surface area contributed by atoms with Gasteiger partial charge in [-0.25, -0.2) is 0 Å². The maximum absolute atomic E-state index is 12.7. The average Bonchev–Trinajstić information content (AvgIpc) is 3.14. The minimum atomic E-state index is -0.337. The van der Waals surface area contributed by atoms with E-state index < -0.39 is 0 Å². The van der Waals surface area contributed by atoms with Gasteiger partial charge in [-0.2, -0.15) is 9.78 Å². The van der Waals surface area contributed by atoms with Crippen molar-refractivity contribution in [1.82, 2.24) is 9.78 Å². The number of nitrogens with zero attached hydrogens (tertiary/aromatic N) is 3. The molecule has 1 N–H and O–H groups in total. The fourth-order valence-corrected chi connectivity index (χ4v) is 3.65. The SMILES string of the molecule is O=c1c(Cl)c(N2CCC(Nc3ccccc3)C2)cnn1-c1ccc(Cl)cc1. The third kappa shape index (κ3) is 3.80. The van der Waals surface area contributed by atoms with Crippen molar-refractivity contribution in [2.24, 2.45) is 0 Å². The Hall–Kier alpha value is -2.50. The molecule has 0 radical (unpaired) electrons. The summed E-state index contributed by atoms with van der Waals surface area (Å²) in [6.45, 7) is 1.58. The third-order valence-corrected chi connectivity index (χ3v) is 5.25. The number of aromatic nitrogens is 2. The molecule has 4 rings (SSSR count). The van der Waals surface area contributed by atoms with Gasteiger partial charge in [-0.3, -0.25) is 4.79 Å². The summed E-state index contributed by atoms with van der Waals surface area (Å²) < 4.78 is 1.29. The number of hydrogen-bond acceptors (Lipinski definition) is 4. The number of nitrogens with one attached hydrogen (secondary N) is 1. The molecule has 1 unspecified atom stereocenters. The molecule has 1 aliphatic heterocycles. The Morgan fingerprint density at radius 2 is 1.78 bits per heavy atom. The quantitative estimate of drug-likeness (QED) is 0.711. The van der Waals surface area contributed by atoms with Crippen LogP contribution in [-0.4, -0.2) is 28.9 Å². The molecular formula is C20H18Cl2N4O. The van der Waals surface area contributed by atoms with E-state index in [4.69, 9.17) is 23.2 Å². The molecule has 1 saturated heterocycles. The van der Waals surface area contributed by atoms with Gasteiger partial charge in [-0.15, -0.1) is 0 Å². The molecule has 2 aromatic carbocycles. The van der Waals surface area contributed by atoms with E-state index in [1.165, 1.54) is 4.68 Å². The monoisotopic (exact) mass is 400 g/mol. The van der Waals surface area contributed by atoms with Crippen LogP contribution in [0.4, 0.5) is 11.4 Å². The van der Waals surface area contributed by atoms with Crippen LogP contribution >= 0.6 is 23.2 Å². The first-order chi connectivity index (χ1) is 13.1. The standard InChI is InChI=1S/C20H18Cl2N4O/c21-14-6-8-17(9-7-14)26-20(27)19(22)18(12-23-26)25-11-10-16(13-25)24-15-4-2-1-3-5-15/h1-9,12,16,24H,10-11,13H2. The summed E-state index contributed by atoms with van der Waals surface area (Å²) in [6, 6.07) is 17.3. The van der Waals surface area contributed by atoms with Gasteiger partial charge in [-0.05, 0) is 42.8 Å². The van der Waals surface area contributed by atoms with E-state index in [0.29, 0.717) is 22.4 Å². The second kappa shape index (κ2) is 7.62. The van der Waals surface area contributed by atoms with Crippen LogP contribution in [0.3, 0.4) is 0 Å². The number of rotatable bonds is 4. The van der Waals surface area contributed by atoms with Gasteiger partial charge >= 0.3 is 0 Å². The normalized spacial score (nSPS) is 16.5. The first-order valence-electron chi connectivity index (χ1n) is 8.72. The van der Waals surface area contributed by atoms with E-state index in [1.54, 1.807) is 30.5 Å². The van der Waals surface area contributed by atoms with E-state index in [2.05, 4.69) is 15.3 Å². The molecular weight excluding hydrogens is 383 g/mol. The highest BCUT2D eigenvalue weighted by molar-refractivity contribution is 6.33. The Labute approximate surface area is 167 Å². The van der Waals surface area contributed by atoms with Crippen molar-refractivity contribution in [2.45, 2.75) is 12.5 Å². The number of benzene rings is 2. The van der Waals surface area contributed by atoms with Gasteiger partial charge in [-0.1, -0.05) is 41.4 Å². The fourth-order valence-electron chi connectivity index (χ4n) is 3.28. The summed E-state index contributed by atoms with van der Waals surface area (Å²) >= 11 is 12.3. The van der Waals surface area contributed by atoms with E-state index in [-0.39, 0.29) is 10.6 Å². The van der Waals surface area contributed by atoms with Crippen LogP contribution in [0.2, 0.25) is 10.0 Å². The molecule has 1 fully saturated rings. The Bertz CT molecular complexity index is 989. The number of anilines is 2. The molecule has 0 saturated carbocycles. The lowest BCUT2D eigenvalue weighted by Crippen LogP contribution is -2.29. The molecule has 3 aromatic rings. The fraction of sp³-hybridized carbons (Fsp3) is 0.200. The molecule has 1 aliphatic rings. The second-order valence-electron chi connectivity index (χ2n) is 6.48. The molecule has 0 spiro atoms. The van der Waals surface area contributed by atoms with Crippen LogP contribution in [0, 0.1) is 0 Å². The van der Waals surface area contributed by atoms with Crippen molar-refractivity contribution in [2.75, 3.05) is 23.3 Å². The van der Waals surface area contributed by atoms with Crippen LogP contribution < -0.4 is 15.8 Å². The van der Waals surface area contributed by atoms with Crippen LogP contribution in [0.5, 0.6) is 0 Å². The smallest absolute Gasteiger partial charge is 0.292 e. The Morgan fingerprint density at radius 3 is 2.52 bits per heavy atom. The summed E-state index contributed by atoms with van der Waals surface area (Å²) in [4.78, 5) is 14.8. The maximum atomic E-state index is 12.7. The van der Waals surface area contributed by atoms with Gasteiger partial charge in [0.1, 0.15) is 5.02 Å². The van der Waals surface area contributed by atoms with Gasteiger partial charge in [0.05, 0.1) is 17.6 Å². The Kier molecular flexibility index (Phi) is 5.05. The largest absolute Gasteiger partial charge is 0.380 e. The van der Waals surface area contributed by atoms with Gasteiger partial charge in [0, 0.05) is 29.8 Å². The molecule has 1 aromatic heterocycles. The highest BCUT2D eigenvalue weighted by atomic mass is 35.5. The first kappa shape index (κ1) is 17.9. The molecule has 7 heteroatoms. The molecule has 5 nitrogen and oxygen atoms in total. The summed E-state index contributed by atoms with van der Waals surface area (Å²) in [6.07, 6.45) is 2.62. The van der Waals surface area contributed by atoms with E-state index >= 15 is 0 Å². The van der Waals surface area contributed by atoms with Crippen molar-refractivity contribution in [1.29, 1.82) is 0 Å². The van der Waals surface area contributed by atoms with Crippen LogP contribution in [0.1, 0.15) is 6.42 Å². The van der Waals surface area contributed by atoms with E-state index in [0.717, 1.165) is 25.2 Å². The zero-order valence-corrected chi connectivity index (χ0v) is 16.0. The molecule has 138 valence electrons. The third-order valence-electron chi connectivity index (χ3n) is 4.65. The molecule has 1 atom stereocenters. The van der Waals surface area contributed by atoms with E-state index in [1.807, 2.05) is 30.3 Å².